The normalized spacial score (nSPS) is 11.8. The van der Waals surface area contributed by atoms with E-state index >= 15 is 0 Å². The molecule has 0 saturated carbocycles. The van der Waals surface area contributed by atoms with Gasteiger partial charge in [-0.3, -0.25) is 0 Å². The minimum absolute atomic E-state index is 0.473. The number of rotatable bonds is 2. The second-order valence-electron chi connectivity index (χ2n) is 4.90. The molecule has 0 unspecified atom stereocenters. The smallest absolute Gasteiger partial charge is 0.242 e. The maximum atomic E-state index is 12.6. The van der Waals surface area contributed by atoms with E-state index in [2.05, 4.69) is 9.78 Å². The van der Waals surface area contributed by atoms with Gasteiger partial charge in [-0.25, -0.2) is 19.4 Å². The van der Waals surface area contributed by atoms with E-state index in [1.54, 1.807) is 0 Å². The average Bonchev–Trinajstić information content (AvgIpc) is 2.58. The van der Waals surface area contributed by atoms with Crippen LogP contribution in [0.25, 0.3) is 0 Å². The molecule has 0 aliphatic heterocycles. The van der Waals surface area contributed by atoms with Gasteiger partial charge in [0.25, 0.3) is 0 Å². The molecule has 2 rings (SSSR count). The van der Waals surface area contributed by atoms with Gasteiger partial charge >= 0.3 is 24.3 Å². The second-order valence-corrected chi connectivity index (χ2v) is 4.90. The monoisotopic (exact) mass is 378 g/mol. The van der Waals surface area contributed by atoms with E-state index in [1.165, 1.54) is 0 Å². The van der Waals surface area contributed by atoms with Crippen LogP contribution in [0.2, 0.25) is 0 Å². The summed E-state index contributed by atoms with van der Waals surface area (Å²) in [6.07, 6.45) is -9.41. The summed E-state index contributed by atoms with van der Waals surface area (Å²) in [4.78, 5) is 31.5. The summed E-state index contributed by atoms with van der Waals surface area (Å²) in [5.41, 5.74) is -3.37. The Hall–Kier alpha value is -3.04. The van der Waals surface area contributed by atoms with Crippen molar-refractivity contribution >= 4 is 11.9 Å². The van der Waals surface area contributed by atoms with Crippen LogP contribution in [0.15, 0.2) is 48.5 Å². The van der Waals surface area contributed by atoms with Gasteiger partial charge in [0.05, 0.1) is 22.3 Å². The predicted octanol–water partition coefficient (Wildman–Crippen LogP) is 4.65. The van der Waals surface area contributed by atoms with E-state index in [-0.39, 0.29) is 0 Å². The molecule has 0 spiro atoms. The number of halogens is 6. The third-order valence-corrected chi connectivity index (χ3v) is 3.04. The van der Waals surface area contributed by atoms with Gasteiger partial charge in [-0.1, -0.05) is 12.1 Å². The molecule has 2 aromatic rings. The van der Waals surface area contributed by atoms with E-state index in [4.69, 9.17) is 0 Å². The topological polar surface area (TPSA) is 52.6 Å². The van der Waals surface area contributed by atoms with Crippen LogP contribution in [0.1, 0.15) is 31.8 Å². The summed E-state index contributed by atoms with van der Waals surface area (Å²) < 4.78 is 75.4. The Bertz CT molecular complexity index is 756. The molecule has 2 aromatic carbocycles. The van der Waals surface area contributed by atoms with Crippen LogP contribution in [0, 0.1) is 0 Å². The van der Waals surface area contributed by atoms with Gasteiger partial charge in [0, 0.05) is 0 Å². The maximum Gasteiger partial charge on any atom is 0.416 e. The van der Waals surface area contributed by atoms with Gasteiger partial charge in [0.15, 0.2) is 0 Å². The highest BCUT2D eigenvalue weighted by Gasteiger charge is 2.32. The van der Waals surface area contributed by atoms with Gasteiger partial charge in [-0.05, 0) is 36.4 Å². The lowest BCUT2D eigenvalue weighted by Gasteiger charge is -2.09. The molecule has 4 nitrogen and oxygen atoms in total. The third-order valence-electron chi connectivity index (χ3n) is 3.04. The van der Waals surface area contributed by atoms with Crippen LogP contribution < -0.4 is 0 Å². The highest BCUT2D eigenvalue weighted by atomic mass is 19.4. The molecule has 0 bridgehead atoms. The number of carbonyl (C=O) groups is 2. The van der Waals surface area contributed by atoms with Crippen molar-refractivity contribution in [1.29, 1.82) is 0 Å². The number of carbonyl (C=O) groups excluding carboxylic acids is 2. The third kappa shape index (κ3) is 4.74. The fraction of sp³-hybridized carbons (Fsp3) is 0.125. The summed E-state index contributed by atoms with van der Waals surface area (Å²) in [6, 6.07) is 6.21. The standard InChI is InChI=1S/C16H8F6O4/c17-15(18,19)11-5-1-3-9(7-11)13(23)25-26-14(24)10-4-2-6-12(8-10)16(20,21)22/h1-8H. The summed E-state index contributed by atoms with van der Waals surface area (Å²) >= 11 is 0. The highest BCUT2D eigenvalue weighted by Crippen LogP contribution is 2.30. The zero-order valence-corrected chi connectivity index (χ0v) is 12.5. The number of benzene rings is 2. The van der Waals surface area contributed by atoms with Crippen LogP contribution in [0.5, 0.6) is 0 Å². The van der Waals surface area contributed by atoms with Crippen LogP contribution >= 0.6 is 0 Å². The van der Waals surface area contributed by atoms with E-state index in [9.17, 15) is 35.9 Å². The molecule has 0 aliphatic rings. The highest BCUT2D eigenvalue weighted by molar-refractivity contribution is 5.92. The van der Waals surface area contributed by atoms with Crippen molar-refractivity contribution in [2.45, 2.75) is 12.4 Å². The number of alkyl halides is 6. The first-order chi connectivity index (χ1) is 12.0. The van der Waals surface area contributed by atoms with Crippen LogP contribution in [0.4, 0.5) is 26.3 Å². The minimum Gasteiger partial charge on any atom is -0.242 e. The largest absolute Gasteiger partial charge is 0.416 e. The molecule has 0 aromatic heterocycles. The first kappa shape index (κ1) is 19.3. The van der Waals surface area contributed by atoms with Crippen molar-refractivity contribution in [1.82, 2.24) is 0 Å². The zero-order chi connectivity index (χ0) is 19.5. The first-order valence-corrected chi connectivity index (χ1v) is 6.76. The number of hydrogen-bond donors (Lipinski definition) is 0. The Balaban J connectivity index is 2.07. The summed E-state index contributed by atoms with van der Waals surface area (Å²) in [7, 11) is 0. The van der Waals surface area contributed by atoms with Crippen LogP contribution in [0.3, 0.4) is 0 Å². The van der Waals surface area contributed by atoms with Gasteiger partial charge in [-0.2, -0.15) is 26.3 Å². The maximum absolute atomic E-state index is 12.6. The van der Waals surface area contributed by atoms with Crippen LogP contribution in [-0.4, -0.2) is 11.9 Å². The Morgan fingerprint density at radius 1 is 0.654 bits per heavy atom. The van der Waals surface area contributed by atoms with Crippen molar-refractivity contribution in [3.8, 4) is 0 Å². The van der Waals surface area contributed by atoms with Gasteiger partial charge < -0.3 is 0 Å². The van der Waals surface area contributed by atoms with E-state index in [0.29, 0.717) is 24.3 Å². The fourth-order valence-corrected chi connectivity index (χ4v) is 1.82. The predicted molar refractivity (Wildman–Crippen MR) is 73.7 cm³/mol. The van der Waals surface area contributed by atoms with E-state index in [0.717, 1.165) is 24.3 Å². The van der Waals surface area contributed by atoms with Crippen molar-refractivity contribution in [3.63, 3.8) is 0 Å². The van der Waals surface area contributed by atoms with E-state index in [1.807, 2.05) is 0 Å². The number of hydrogen-bond acceptors (Lipinski definition) is 4. The summed E-state index contributed by atoms with van der Waals surface area (Å²) in [6.45, 7) is 0. The first-order valence-electron chi connectivity index (χ1n) is 6.76. The Morgan fingerprint density at radius 2 is 1.00 bits per heavy atom. The molecule has 10 heteroatoms. The fourth-order valence-electron chi connectivity index (χ4n) is 1.82. The Morgan fingerprint density at radius 3 is 1.31 bits per heavy atom. The Kier molecular flexibility index (Phi) is 5.24. The van der Waals surface area contributed by atoms with Gasteiger partial charge in [0.2, 0.25) is 0 Å². The molecule has 0 aliphatic carbocycles. The summed E-state index contributed by atoms with van der Waals surface area (Å²) in [5, 5.41) is 0. The molecule has 138 valence electrons. The van der Waals surface area contributed by atoms with Crippen molar-refractivity contribution in [3.05, 3.63) is 70.8 Å². The lowest BCUT2D eigenvalue weighted by molar-refractivity contribution is -0.187. The lowest BCUT2D eigenvalue weighted by Crippen LogP contribution is -2.14. The molecule has 0 radical (unpaired) electrons. The van der Waals surface area contributed by atoms with Gasteiger partial charge in [0.1, 0.15) is 0 Å². The molecular weight excluding hydrogens is 370 g/mol. The van der Waals surface area contributed by atoms with Gasteiger partial charge in [-0.15, -0.1) is 0 Å². The average molecular weight is 378 g/mol. The lowest BCUT2D eigenvalue weighted by atomic mass is 10.1. The SMILES string of the molecule is O=C(OOC(=O)c1cccc(C(F)(F)F)c1)c1cccc(C(F)(F)F)c1. The molecule has 0 heterocycles. The Labute approximate surface area is 141 Å². The molecule has 26 heavy (non-hydrogen) atoms. The minimum atomic E-state index is -4.70. The molecule has 0 fully saturated rings. The van der Waals surface area contributed by atoms with Crippen molar-refractivity contribution in [2.75, 3.05) is 0 Å². The van der Waals surface area contributed by atoms with Crippen molar-refractivity contribution in [2.24, 2.45) is 0 Å². The zero-order valence-electron chi connectivity index (χ0n) is 12.5. The van der Waals surface area contributed by atoms with Crippen molar-refractivity contribution < 1.29 is 45.7 Å². The van der Waals surface area contributed by atoms with Crippen LogP contribution in [-0.2, 0) is 22.1 Å². The molecule has 0 atom stereocenters. The molecule has 0 amide bonds. The molecule has 0 saturated heterocycles. The molecule has 0 N–H and O–H groups in total. The van der Waals surface area contributed by atoms with E-state index < -0.39 is 46.5 Å². The molecular formula is C16H8F6O4. The second kappa shape index (κ2) is 7.06. The quantitative estimate of drug-likeness (QED) is 0.434. The summed E-state index contributed by atoms with van der Waals surface area (Å²) in [5.74, 6) is -2.84.